The third-order valence-electron chi connectivity index (χ3n) is 3.95. The van der Waals surface area contributed by atoms with Crippen molar-refractivity contribution in [3.63, 3.8) is 0 Å². The molecule has 6 nitrogen and oxygen atoms in total. The van der Waals surface area contributed by atoms with Crippen molar-refractivity contribution in [3.8, 4) is 11.9 Å². The number of hydrogen-bond acceptors (Lipinski definition) is 5. The van der Waals surface area contributed by atoms with Gasteiger partial charge in [-0.3, -0.25) is 14.3 Å². The van der Waals surface area contributed by atoms with E-state index in [9.17, 15) is 20.3 Å². The molecule has 0 aliphatic carbocycles. The van der Waals surface area contributed by atoms with Crippen LogP contribution in [0.15, 0.2) is 4.79 Å². The Kier molecular flexibility index (Phi) is 4.66. The second-order valence-corrected chi connectivity index (χ2v) is 5.66. The number of nitriles is 1. The minimum atomic E-state index is -0.775. The van der Waals surface area contributed by atoms with Crippen molar-refractivity contribution < 1.29 is 10.2 Å². The van der Waals surface area contributed by atoms with Crippen LogP contribution in [0.2, 0.25) is 0 Å². The molecule has 0 saturated carbocycles. The van der Waals surface area contributed by atoms with Crippen molar-refractivity contribution in [1.82, 2.24) is 9.47 Å². The van der Waals surface area contributed by atoms with E-state index in [4.69, 9.17) is 0 Å². The van der Waals surface area contributed by atoms with Crippen molar-refractivity contribution in [3.05, 3.63) is 27.0 Å². The molecular formula is C15H21N3O3. The first-order chi connectivity index (χ1) is 9.95. The lowest BCUT2D eigenvalue weighted by molar-refractivity contribution is 0.166. The van der Waals surface area contributed by atoms with Crippen molar-refractivity contribution in [1.29, 1.82) is 5.26 Å². The molecule has 0 spiro atoms. The maximum Gasteiger partial charge on any atom is 0.271 e. The molecule has 114 valence electrons. The van der Waals surface area contributed by atoms with Gasteiger partial charge < -0.3 is 10.2 Å². The van der Waals surface area contributed by atoms with Crippen LogP contribution in [0, 0.1) is 18.3 Å². The number of aromatic nitrogens is 1. The smallest absolute Gasteiger partial charge is 0.271 e. The Hall–Kier alpha value is -1.84. The summed E-state index contributed by atoms with van der Waals surface area (Å²) in [6, 6.07) is 1.93. The highest BCUT2D eigenvalue weighted by Gasteiger charge is 2.22. The van der Waals surface area contributed by atoms with E-state index in [0.717, 1.165) is 30.5 Å². The molecule has 1 aromatic rings. The standard InChI is InChI=1S/C15H21N3O3/c1-10(19)8-18-14(20)12(7-16)11(2)13(15(18)21)9-17-5-3-4-6-17/h10,19,21H,3-6,8-9H2,1-2H3. The van der Waals surface area contributed by atoms with Gasteiger partial charge in [-0.1, -0.05) is 0 Å². The number of aromatic hydroxyl groups is 1. The molecule has 21 heavy (non-hydrogen) atoms. The van der Waals surface area contributed by atoms with Gasteiger partial charge in [0.1, 0.15) is 11.6 Å². The zero-order chi connectivity index (χ0) is 15.6. The summed E-state index contributed by atoms with van der Waals surface area (Å²) in [7, 11) is 0. The average Bonchev–Trinajstić information content (AvgIpc) is 2.93. The van der Waals surface area contributed by atoms with Crippen LogP contribution in [0.3, 0.4) is 0 Å². The molecule has 6 heteroatoms. The van der Waals surface area contributed by atoms with Crippen LogP contribution < -0.4 is 5.56 Å². The Balaban J connectivity index is 2.52. The molecule has 1 aliphatic heterocycles. The van der Waals surface area contributed by atoms with Gasteiger partial charge in [0.05, 0.1) is 12.6 Å². The van der Waals surface area contributed by atoms with E-state index < -0.39 is 11.7 Å². The molecular weight excluding hydrogens is 270 g/mol. The molecule has 0 bridgehead atoms. The van der Waals surface area contributed by atoms with Crippen LogP contribution in [0.4, 0.5) is 0 Å². The summed E-state index contributed by atoms with van der Waals surface area (Å²) in [6.45, 7) is 5.64. The number of likely N-dealkylation sites (tertiary alicyclic amines) is 1. The van der Waals surface area contributed by atoms with E-state index >= 15 is 0 Å². The molecule has 1 unspecified atom stereocenters. The summed E-state index contributed by atoms with van der Waals surface area (Å²) in [6.07, 6.45) is 1.47. The predicted octanol–water partition coefficient (Wildman–Crippen LogP) is 0.711. The van der Waals surface area contributed by atoms with Crippen molar-refractivity contribution in [2.24, 2.45) is 0 Å². The summed E-state index contributed by atoms with van der Waals surface area (Å²) in [5.41, 5.74) is 0.642. The Morgan fingerprint density at radius 3 is 2.52 bits per heavy atom. The van der Waals surface area contributed by atoms with Gasteiger partial charge in [0.2, 0.25) is 0 Å². The predicted molar refractivity (Wildman–Crippen MR) is 78.0 cm³/mol. The largest absolute Gasteiger partial charge is 0.494 e. The van der Waals surface area contributed by atoms with Crippen LogP contribution in [0.25, 0.3) is 0 Å². The molecule has 1 atom stereocenters. The minimum absolute atomic E-state index is 0.0212. The highest BCUT2D eigenvalue weighted by molar-refractivity contribution is 5.45. The molecule has 1 fully saturated rings. The van der Waals surface area contributed by atoms with Gasteiger partial charge in [0.15, 0.2) is 5.88 Å². The Morgan fingerprint density at radius 2 is 2.00 bits per heavy atom. The second-order valence-electron chi connectivity index (χ2n) is 5.66. The number of aliphatic hydroxyl groups excluding tert-OH is 1. The van der Waals surface area contributed by atoms with Crippen LogP contribution >= 0.6 is 0 Å². The Bertz CT molecular complexity index is 623. The fraction of sp³-hybridized carbons (Fsp3) is 0.600. The Morgan fingerprint density at radius 1 is 1.38 bits per heavy atom. The molecule has 1 aromatic heterocycles. The van der Waals surface area contributed by atoms with Crippen molar-refractivity contribution in [2.75, 3.05) is 13.1 Å². The quantitative estimate of drug-likeness (QED) is 0.853. The van der Waals surface area contributed by atoms with Gasteiger partial charge in [-0.15, -0.1) is 0 Å². The third-order valence-corrected chi connectivity index (χ3v) is 3.95. The van der Waals surface area contributed by atoms with Gasteiger partial charge >= 0.3 is 0 Å². The zero-order valence-electron chi connectivity index (χ0n) is 12.5. The molecule has 0 radical (unpaired) electrons. The van der Waals surface area contributed by atoms with Gasteiger partial charge in [-0.2, -0.15) is 5.26 Å². The molecule has 1 aliphatic rings. The molecule has 0 aromatic carbocycles. The summed E-state index contributed by atoms with van der Waals surface area (Å²) in [4.78, 5) is 14.4. The minimum Gasteiger partial charge on any atom is -0.494 e. The van der Waals surface area contributed by atoms with E-state index in [1.54, 1.807) is 6.92 Å². The van der Waals surface area contributed by atoms with Gasteiger partial charge in [-0.25, -0.2) is 0 Å². The molecule has 0 amide bonds. The SMILES string of the molecule is Cc1c(CN2CCCC2)c(O)n(CC(C)O)c(=O)c1C#N. The zero-order valence-corrected chi connectivity index (χ0v) is 12.5. The van der Waals surface area contributed by atoms with Crippen LogP contribution in [0.1, 0.15) is 36.5 Å². The lowest BCUT2D eigenvalue weighted by Crippen LogP contribution is -2.30. The van der Waals surface area contributed by atoms with Gasteiger partial charge in [0.25, 0.3) is 5.56 Å². The fourth-order valence-electron chi connectivity index (χ4n) is 2.79. The first-order valence-corrected chi connectivity index (χ1v) is 7.21. The number of pyridine rings is 1. The van der Waals surface area contributed by atoms with E-state index in [-0.39, 0.29) is 18.0 Å². The summed E-state index contributed by atoms with van der Waals surface area (Å²) >= 11 is 0. The average molecular weight is 291 g/mol. The first-order valence-electron chi connectivity index (χ1n) is 7.21. The summed E-state index contributed by atoms with van der Waals surface area (Å²) < 4.78 is 1.10. The van der Waals surface area contributed by atoms with Crippen LogP contribution in [-0.2, 0) is 13.1 Å². The van der Waals surface area contributed by atoms with Crippen LogP contribution in [0.5, 0.6) is 5.88 Å². The number of nitrogens with zero attached hydrogens (tertiary/aromatic N) is 3. The number of hydrogen-bond donors (Lipinski definition) is 2. The highest BCUT2D eigenvalue weighted by atomic mass is 16.3. The monoisotopic (exact) mass is 291 g/mol. The maximum absolute atomic E-state index is 12.2. The Labute approximate surface area is 123 Å². The second kappa shape index (κ2) is 6.29. The van der Waals surface area contributed by atoms with Gasteiger partial charge in [0, 0.05) is 12.1 Å². The van der Waals surface area contributed by atoms with E-state index in [1.807, 2.05) is 6.07 Å². The lowest BCUT2D eigenvalue weighted by atomic mass is 10.0. The van der Waals surface area contributed by atoms with E-state index in [1.165, 1.54) is 6.92 Å². The number of rotatable bonds is 4. The molecule has 2 N–H and O–H groups in total. The van der Waals surface area contributed by atoms with Crippen LogP contribution in [-0.4, -0.2) is 38.9 Å². The van der Waals surface area contributed by atoms with Gasteiger partial charge in [-0.05, 0) is 45.3 Å². The van der Waals surface area contributed by atoms with Crippen molar-refractivity contribution in [2.45, 2.75) is 45.9 Å². The molecule has 2 heterocycles. The normalized spacial score (nSPS) is 16.9. The lowest BCUT2D eigenvalue weighted by Gasteiger charge is -2.21. The molecule has 1 saturated heterocycles. The summed E-state index contributed by atoms with van der Waals surface area (Å²) in [5.74, 6) is -0.135. The first kappa shape index (κ1) is 15.5. The van der Waals surface area contributed by atoms with Crippen molar-refractivity contribution >= 4 is 0 Å². The van der Waals surface area contributed by atoms with E-state index in [0.29, 0.717) is 17.7 Å². The maximum atomic E-state index is 12.2. The topological polar surface area (TPSA) is 89.5 Å². The molecule has 2 rings (SSSR count). The highest BCUT2D eigenvalue weighted by Crippen LogP contribution is 2.25. The fourth-order valence-corrected chi connectivity index (χ4v) is 2.79. The third kappa shape index (κ3) is 3.09. The number of aliphatic hydroxyl groups is 1. The summed E-state index contributed by atoms with van der Waals surface area (Å²) in [5, 5.41) is 29.1. The van der Waals surface area contributed by atoms with E-state index in [2.05, 4.69) is 4.90 Å².